The minimum atomic E-state index is -4.65. The van der Waals surface area contributed by atoms with E-state index in [9.17, 15) is 13.2 Å². The van der Waals surface area contributed by atoms with Gasteiger partial charge in [-0.1, -0.05) is 6.07 Å². The molecule has 0 aromatic heterocycles. The Kier molecular flexibility index (Phi) is 4.85. The van der Waals surface area contributed by atoms with Gasteiger partial charge in [0.1, 0.15) is 5.75 Å². The summed E-state index contributed by atoms with van der Waals surface area (Å²) in [6.07, 6.45) is -2.31. The molecule has 1 aromatic rings. The second-order valence-electron chi connectivity index (χ2n) is 5.54. The molecule has 2 N–H and O–H groups in total. The normalized spacial score (nSPS) is 12.6. The van der Waals surface area contributed by atoms with Crippen LogP contribution in [0.5, 0.6) is 5.75 Å². The molecular formula is C14H20F3NO. The highest BCUT2D eigenvalue weighted by molar-refractivity contribution is 5.34. The minimum Gasteiger partial charge on any atom is -0.406 e. The van der Waals surface area contributed by atoms with Crippen molar-refractivity contribution in [1.29, 1.82) is 0 Å². The van der Waals surface area contributed by atoms with Crippen molar-refractivity contribution in [1.82, 2.24) is 0 Å². The van der Waals surface area contributed by atoms with Gasteiger partial charge in [-0.2, -0.15) is 0 Å². The van der Waals surface area contributed by atoms with E-state index < -0.39 is 6.36 Å². The summed E-state index contributed by atoms with van der Waals surface area (Å²) in [6, 6.07) is 4.68. The Hall–Kier alpha value is -1.23. The van der Waals surface area contributed by atoms with Crippen molar-refractivity contribution < 1.29 is 17.9 Å². The molecule has 0 amide bonds. The lowest BCUT2D eigenvalue weighted by atomic mass is 9.96. The molecule has 0 unspecified atom stereocenters. The van der Waals surface area contributed by atoms with Crippen LogP contribution in [-0.2, 0) is 6.42 Å². The first-order valence-corrected chi connectivity index (χ1v) is 6.20. The second kappa shape index (κ2) is 5.82. The predicted molar refractivity (Wildman–Crippen MR) is 69.1 cm³/mol. The number of hydrogen-bond donors (Lipinski definition) is 1. The SMILES string of the molecule is Cc1cc(CCCC(C)(C)N)cc(OC(F)(F)F)c1. The molecule has 1 aromatic carbocycles. The lowest BCUT2D eigenvalue weighted by molar-refractivity contribution is -0.274. The van der Waals surface area contributed by atoms with Crippen molar-refractivity contribution in [3.63, 3.8) is 0 Å². The Morgan fingerprint density at radius 1 is 1.16 bits per heavy atom. The largest absolute Gasteiger partial charge is 0.573 e. The molecule has 5 heteroatoms. The molecular weight excluding hydrogens is 255 g/mol. The monoisotopic (exact) mass is 275 g/mol. The second-order valence-corrected chi connectivity index (χ2v) is 5.54. The zero-order valence-corrected chi connectivity index (χ0v) is 11.5. The average molecular weight is 275 g/mol. The van der Waals surface area contributed by atoms with Crippen LogP contribution in [-0.4, -0.2) is 11.9 Å². The zero-order valence-electron chi connectivity index (χ0n) is 11.5. The van der Waals surface area contributed by atoms with Gasteiger partial charge in [0.05, 0.1) is 0 Å². The van der Waals surface area contributed by atoms with Crippen LogP contribution in [0.4, 0.5) is 13.2 Å². The molecule has 0 bridgehead atoms. The number of benzene rings is 1. The molecule has 0 saturated heterocycles. The van der Waals surface area contributed by atoms with E-state index in [2.05, 4.69) is 4.74 Å². The smallest absolute Gasteiger partial charge is 0.406 e. The van der Waals surface area contributed by atoms with Crippen LogP contribution >= 0.6 is 0 Å². The van der Waals surface area contributed by atoms with Crippen LogP contribution in [0, 0.1) is 6.92 Å². The van der Waals surface area contributed by atoms with E-state index in [-0.39, 0.29) is 11.3 Å². The molecule has 0 aliphatic carbocycles. The maximum absolute atomic E-state index is 12.2. The quantitative estimate of drug-likeness (QED) is 0.883. The molecule has 108 valence electrons. The molecule has 0 fully saturated rings. The number of rotatable bonds is 5. The van der Waals surface area contributed by atoms with Crippen LogP contribution in [0.3, 0.4) is 0 Å². The topological polar surface area (TPSA) is 35.2 Å². The molecule has 0 aliphatic heterocycles. The fourth-order valence-corrected chi connectivity index (χ4v) is 1.91. The number of hydrogen-bond acceptors (Lipinski definition) is 2. The van der Waals surface area contributed by atoms with Crippen molar-refractivity contribution >= 4 is 0 Å². The third kappa shape index (κ3) is 7.06. The standard InChI is InChI=1S/C14H20F3NO/c1-10-7-11(5-4-6-13(2,3)18)9-12(8-10)19-14(15,16)17/h7-9H,4-6,18H2,1-3H3. The first-order chi connectivity index (χ1) is 8.55. The summed E-state index contributed by atoms with van der Waals surface area (Å²) in [5, 5.41) is 0. The van der Waals surface area contributed by atoms with Crippen LogP contribution in [0.25, 0.3) is 0 Å². The maximum Gasteiger partial charge on any atom is 0.573 e. The van der Waals surface area contributed by atoms with Gasteiger partial charge in [0.15, 0.2) is 0 Å². The van der Waals surface area contributed by atoms with Gasteiger partial charge in [0, 0.05) is 5.54 Å². The van der Waals surface area contributed by atoms with Crippen LogP contribution in [0.2, 0.25) is 0 Å². The molecule has 2 nitrogen and oxygen atoms in total. The summed E-state index contributed by atoms with van der Waals surface area (Å²) in [6.45, 7) is 5.61. The zero-order chi connectivity index (χ0) is 14.7. The van der Waals surface area contributed by atoms with Gasteiger partial charge in [0.25, 0.3) is 0 Å². The van der Waals surface area contributed by atoms with Crippen molar-refractivity contribution in [2.75, 3.05) is 0 Å². The lowest BCUT2D eigenvalue weighted by Gasteiger charge is -2.18. The van der Waals surface area contributed by atoms with Crippen LogP contribution in [0.15, 0.2) is 18.2 Å². The third-order valence-corrected chi connectivity index (χ3v) is 2.63. The summed E-state index contributed by atoms with van der Waals surface area (Å²) in [5.41, 5.74) is 7.20. The summed E-state index contributed by atoms with van der Waals surface area (Å²) in [4.78, 5) is 0. The number of ether oxygens (including phenoxy) is 1. The molecule has 19 heavy (non-hydrogen) atoms. The Bertz CT molecular complexity index is 422. The van der Waals surface area contributed by atoms with E-state index in [0.717, 1.165) is 24.0 Å². The van der Waals surface area contributed by atoms with Gasteiger partial charge in [0.2, 0.25) is 0 Å². The fraction of sp³-hybridized carbons (Fsp3) is 0.571. The summed E-state index contributed by atoms with van der Waals surface area (Å²) in [5.74, 6) is -0.158. The number of aryl methyl sites for hydroxylation is 2. The summed E-state index contributed by atoms with van der Waals surface area (Å²) in [7, 11) is 0. The van der Waals surface area contributed by atoms with Crippen molar-refractivity contribution in [3.05, 3.63) is 29.3 Å². The number of nitrogens with two attached hydrogens (primary N) is 1. The van der Waals surface area contributed by atoms with Gasteiger partial charge < -0.3 is 10.5 Å². The highest BCUT2D eigenvalue weighted by atomic mass is 19.4. The van der Waals surface area contributed by atoms with E-state index in [1.807, 2.05) is 19.9 Å². The molecule has 0 radical (unpaired) electrons. The van der Waals surface area contributed by atoms with Gasteiger partial charge >= 0.3 is 6.36 Å². The number of halogens is 3. The Balaban J connectivity index is 2.69. The van der Waals surface area contributed by atoms with Gasteiger partial charge in [-0.15, -0.1) is 13.2 Å². The first kappa shape index (κ1) is 15.8. The molecule has 0 spiro atoms. The summed E-state index contributed by atoms with van der Waals surface area (Å²) >= 11 is 0. The van der Waals surface area contributed by atoms with Gasteiger partial charge in [-0.05, 0) is 63.3 Å². The van der Waals surface area contributed by atoms with E-state index in [1.165, 1.54) is 12.1 Å². The van der Waals surface area contributed by atoms with Crippen molar-refractivity contribution in [3.8, 4) is 5.75 Å². The van der Waals surface area contributed by atoms with Crippen LogP contribution in [0.1, 0.15) is 37.8 Å². The van der Waals surface area contributed by atoms with E-state index in [1.54, 1.807) is 6.92 Å². The molecule has 0 atom stereocenters. The minimum absolute atomic E-state index is 0.158. The maximum atomic E-state index is 12.2. The Morgan fingerprint density at radius 3 is 2.32 bits per heavy atom. The van der Waals surface area contributed by atoms with Gasteiger partial charge in [-0.25, -0.2) is 0 Å². The summed E-state index contributed by atoms with van der Waals surface area (Å²) < 4.78 is 40.5. The van der Waals surface area contributed by atoms with E-state index in [4.69, 9.17) is 5.73 Å². The fourth-order valence-electron chi connectivity index (χ4n) is 1.91. The third-order valence-electron chi connectivity index (χ3n) is 2.63. The Morgan fingerprint density at radius 2 is 1.79 bits per heavy atom. The highest BCUT2D eigenvalue weighted by Crippen LogP contribution is 2.25. The molecule has 0 heterocycles. The predicted octanol–water partition coefficient (Wildman–Crippen LogP) is 3.95. The van der Waals surface area contributed by atoms with Gasteiger partial charge in [-0.3, -0.25) is 0 Å². The first-order valence-electron chi connectivity index (χ1n) is 6.20. The van der Waals surface area contributed by atoms with E-state index in [0.29, 0.717) is 6.42 Å². The van der Waals surface area contributed by atoms with E-state index >= 15 is 0 Å². The lowest BCUT2D eigenvalue weighted by Crippen LogP contribution is -2.31. The highest BCUT2D eigenvalue weighted by Gasteiger charge is 2.31. The number of alkyl halides is 3. The average Bonchev–Trinajstić information content (AvgIpc) is 2.10. The Labute approximate surface area is 111 Å². The van der Waals surface area contributed by atoms with Crippen molar-refractivity contribution in [2.45, 2.75) is 51.9 Å². The van der Waals surface area contributed by atoms with Crippen molar-refractivity contribution in [2.24, 2.45) is 5.73 Å². The molecule has 0 aliphatic rings. The molecule has 1 rings (SSSR count). The molecule has 0 saturated carbocycles. The van der Waals surface area contributed by atoms with Crippen LogP contribution < -0.4 is 10.5 Å².